The third kappa shape index (κ3) is 2.91. The highest BCUT2D eigenvalue weighted by Gasteiger charge is 2.03. The standard InChI is InChI=1S/C18H15N2O2/c1-21-17-10-8-13(11-18(17)22-2)7-9-14-12-19-15-5-3-4-6-16(15)20-14/h3-11H,1-2H3/b9-7+. The number of hydrogen-bond donors (Lipinski definition) is 0. The molecule has 0 spiro atoms. The molecule has 0 saturated heterocycles. The summed E-state index contributed by atoms with van der Waals surface area (Å²) in [6, 6.07) is 13.5. The van der Waals surface area contributed by atoms with E-state index >= 15 is 0 Å². The van der Waals surface area contributed by atoms with Crippen LogP contribution in [-0.2, 0) is 0 Å². The summed E-state index contributed by atoms with van der Waals surface area (Å²) in [6.07, 6.45) is 6.75. The zero-order valence-electron chi connectivity index (χ0n) is 12.4. The largest absolute Gasteiger partial charge is 0.493 e. The molecule has 4 heteroatoms. The third-order valence-corrected chi connectivity index (χ3v) is 3.25. The Morgan fingerprint density at radius 2 is 1.68 bits per heavy atom. The van der Waals surface area contributed by atoms with E-state index in [1.807, 2.05) is 54.6 Å². The summed E-state index contributed by atoms with van der Waals surface area (Å²) >= 11 is 0. The molecule has 0 aliphatic heterocycles. The van der Waals surface area contributed by atoms with Crippen molar-refractivity contribution in [2.45, 2.75) is 0 Å². The number of nitrogens with zero attached hydrogens (tertiary/aromatic N) is 2. The summed E-state index contributed by atoms with van der Waals surface area (Å²) < 4.78 is 10.5. The molecule has 3 aromatic rings. The SMILES string of the molecule is COc1ccc(/C=C/c2[c]nc3ccccc3n2)cc1OC. The predicted molar refractivity (Wildman–Crippen MR) is 86.8 cm³/mol. The van der Waals surface area contributed by atoms with Crippen LogP contribution in [0.3, 0.4) is 0 Å². The molecule has 1 heterocycles. The fourth-order valence-electron chi connectivity index (χ4n) is 2.13. The van der Waals surface area contributed by atoms with Gasteiger partial charge in [0, 0.05) is 0 Å². The molecule has 0 aliphatic carbocycles. The van der Waals surface area contributed by atoms with Gasteiger partial charge in [-0.2, -0.15) is 0 Å². The Balaban J connectivity index is 1.89. The van der Waals surface area contributed by atoms with Crippen LogP contribution < -0.4 is 9.47 Å². The van der Waals surface area contributed by atoms with E-state index in [-0.39, 0.29) is 0 Å². The summed E-state index contributed by atoms with van der Waals surface area (Å²) in [4.78, 5) is 8.78. The zero-order valence-corrected chi connectivity index (χ0v) is 12.4. The summed E-state index contributed by atoms with van der Waals surface area (Å²) in [6.45, 7) is 0. The third-order valence-electron chi connectivity index (χ3n) is 3.25. The highest BCUT2D eigenvalue weighted by atomic mass is 16.5. The monoisotopic (exact) mass is 291 g/mol. The maximum absolute atomic E-state index is 5.29. The Kier molecular flexibility index (Phi) is 4.01. The first-order valence-electron chi connectivity index (χ1n) is 6.85. The van der Waals surface area contributed by atoms with Crippen LogP contribution >= 0.6 is 0 Å². The van der Waals surface area contributed by atoms with E-state index in [2.05, 4.69) is 16.2 Å². The van der Waals surface area contributed by atoms with E-state index in [1.165, 1.54) is 0 Å². The summed E-state index contributed by atoms with van der Waals surface area (Å²) in [7, 11) is 3.24. The van der Waals surface area contributed by atoms with Crippen molar-refractivity contribution in [3.63, 3.8) is 0 Å². The number of para-hydroxylation sites is 2. The van der Waals surface area contributed by atoms with E-state index in [1.54, 1.807) is 14.2 Å². The number of fused-ring (bicyclic) bond motifs is 1. The maximum atomic E-state index is 5.29. The van der Waals surface area contributed by atoms with E-state index in [0.29, 0.717) is 17.2 Å². The van der Waals surface area contributed by atoms with Crippen LogP contribution in [0.1, 0.15) is 11.3 Å². The first kappa shape index (κ1) is 14.1. The normalized spacial score (nSPS) is 11.0. The van der Waals surface area contributed by atoms with Crippen LogP contribution in [0, 0.1) is 6.20 Å². The van der Waals surface area contributed by atoms with Crippen molar-refractivity contribution in [3.8, 4) is 11.5 Å². The van der Waals surface area contributed by atoms with Gasteiger partial charge in [0.15, 0.2) is 11.5 Å². The zero-order chi connectivity index (χ0) is 15.4. The lowest BCUT2D eigenvalue weighted by atomic mass is 10.1. The van der Waals surface area contributed by atoms with Crippen molar-refractivity contribution in [3.05, 3.63) is 59.9 Å². The molecule has 4 nitrogen and oxygen atoms in total. The molecule has 2 aromatic carbocycles. The molecule has 0 unspecified atom stereocenters. The minimum atomic E-state index is 0.688. The van der Waals surface area contributed by atoms with Crippen LogP contribution in [0.5, 0.6) is 11.5 Å². The van der Waals surface area contributed by atoms with E-state index in [4.69, 9.17) is 9.47 Å². The lowest BCUT2D eigenvalue weighted by Crippen LogP contribution is -1.90. The minimum absolute atomic E-state index is 0.688. The number of benzene rings is 2. The topological polar surface area (TPSA) is 44.2 Å². The van der Waals surface area contributed by atoms with E-state index < -0.39 is 0 Å². The molecule has 0 fully saturated rings. The van der Waals surface area contributed by atoms with Crippen LogP contribution in [0.25, 0.3) is 23.2 Å². The number of aromatic nitrogens is 2. The van der Waals surface area contributed by atoms with Gasteiger partial charge in [-0.25, -0.2) is 9.97 Å². The van der Waals surface area contributed by atoms with Crippen molar-refractivity contribution >= 4 is 23.2 Å². The van der Waals surface area contributed by atoms with Gasteiger partial charge in [-0.05, 0) is 35.9 Å². The van der Waals surface area contributed by atoms with Gasteiger partial charge in [-0.1, -0.05) is 24.3 Å². The van der Waals surface area contributed by atoms with Crippen molar-refractivity contribution in [1.29, 1.82) is 0 Å². The van der Waals surface area contributed by atoms with Crippen LogP contribution in [0.4, 0.5) is 0 Å². The van der Waals surface area contributed by atoms with Gasteiger partial charge in [-0.15, -0.1) is 0 Å². The number of hydrogen-bond acceptors (Lipinski definition) is 4. The molecule has 1 radical (unpaired) electrons. The molecule has 0 atom stereocenters. The summed E-state index contributed by atoms with van der Waals surface area (Å²) in [5, 5.41) is 0. The van der Waals surface area contributed by atoms with Crippen LogP contribution in [-0.4, -0.2) is 24.2 Å². The average Bonchev–Trinajstić information content (AvgIpc) is 2.59. The molecular formula is C18H15N2O2. The van der Waals surface area contributed by atoms with Crippen molar-refractivity contribution in [2.24, 2.45) is 0 Å². The Bertz CT molecular complexity index is 828. The fourth-order valence-corrected chi connectivity index (χ4v) is 2.13. The molecule has 1 aromatic heterocycles. The number of methoxy groups -OCH3 is 2. The lowest BCUT2D eigenvalue weighted by molar-refractivity contribution is 0.355. The molecule has 0 amide bonds. The Hall–Kier alpha value is -2.88. The van der Waals surface area contributed by atoms with Crippen LogP contribution in [0.2, 0.25) is 0 Å². The minimum Gasteiger partial charge on any atom is -0.493 e. The van der Waals surface area contributed by atoms with Gasteiger partial charge in [0.1, 0.15) is 6.20 Å². The number of rotatable bonds is 4. The molecule has 0 bridgehead atoms. The van der Waals surface area contributed by atoms with Crippen LogP contribution in [0.15, 0.2) is 42.5 Å². The smallest absolute Gasteiger partial charge is 0.161 e. The maximum Gasteiger partial charge on any atom is 0.161 e. The Morgan fingerprint density at radius 3 is 2.45 bits per heavy atom. The Morgan fingerprint density at radius 1 is 0.909 bits per heavy atom. The second-order valence-corrected chi connectivity index (χ2v) is 4.66. The van der Waals surface area contributed by atoms with E-state index in [9.17, 15) is 0 Å². The first-order chi connectivity index (χ1) is 10.8. The first-order valence-corrected chi connectivity index (χ1v) is 6.85. The second-order valence-electron chi connectivity index (χ2n) is 4.66. The Labute approximate surface area is 129 Å². The predicted octanol–water partition coefficient (Wildman–Crippen LogP) is 3.62. The molecule has 0 aliphatic rings. The van der Waals surface area contributed by atoms with Crippen molar-refractivity contribution in [2.75, 3.05) is 14.2 Å². The van der Waals surface area contributed by atoms with Gasteiger partial charge in [0.2, 0.25) is 0 Å². The highest BCUT2D eigenvalue weighted by molar-refractivity contribution is 5.76. The highest BCUT2D eigenvalue weighted by Crippen LogP contribution is 2.28. The van der Waals surface area contributed by atoms with Gasteiger partial charge in [-0.3, -0.25) is 0 Å². The van der Waals surface area contributed by atoms with Gasteiger partial charge in [0.25, 0.3) is 0 Å². The lowest BCUT2D eigenvalue weighted by Gasteiger charge is -2.07. The molecular weight excluding hydrogens is 276 g/mol. The van der Waals surface area contributed by atoms with Gasteiger partial charge in [0.05, 0.1) is 30.9 Å². The van der Waals surface area contributed by atoms with Gasteiger partial charge < -0.3 is 9.47 Å². The molecule has 22 heavy (non-hydrogen) atoms. The summed E-state index contributed by atoms with van der Waals surface area (Å²) in [5.41, 5.74) is 3.37. The van der Waals surface area contributed by atoms with Gasteiger partial charge >= 0.3 is 0 Å². The number of ether oxygens (including phenoxy) is 2. The second kappa shape index (κ2) is 6.26. The van der Waals surface area contributed by atoms with Crippen molar-refractivity contribution in [1.82, 2.24) is 9.97 Å². The van der Waals surface area contributed by atoms with E-state index in [0.717, 1.165) is 16.6 Å². The quantitative estimate of drug-likeness (QED) is 0.736. The fraction of sp³-hybridized carbons (Fsp3) is 0.111. The molecule has 0 saturated carbocycles. The summed E-state index contributed by atoms with van der Waals surface area (Å²) in [5.74, 6) is 1.40. The van der Waals surface area contributed by atoms with Crippen molar-refractivity contribution < 1.29 is 9.47 Å². The molecule has 109 valence electrons. The molecule has 0 N–H and O–H groups in total. The average molecular weight is 291 g/mol. The molecule has 3 rings (SSSR count).